The Morgan fingerprint density at radius 3 is 2.85 bits per heavy atom. The first-order valence-electron chi connectivity index (χ1n) is 9.25. The number of ether oxygens (including phenoxy) is 1. The fourth-order valence-electron chi connectivity index (χ4n) is 3.48. The second-order valence-electron chi connectivity index (χ2n) is 6.60. The molecule has 0 bridgehead atoms. The summed E-state index contributed by atoms with van der Waals surface area (Å²) in [5.74, 6) is 2.01. The normalized spacial score (nSPS) is 20.1. The molecule has 1 saturated heterocycles. The minimum absolute atomic E-state index is 0.136. The van der Waals surface area contributed by atoms with E-state index in [1.54, 1.807) is 7.05 Å². The van der Waals surface area contributed by atoms with Gasteiger partial charge in [-0.25, -0.2) is 0 Å². The van der Waals surface area contributed by atoms with Crippen LogP contribution in [-0.4, -0.2) is 40.8 Å². The highest BCUT2D eigenvalue weighted by Crippen LogP contribution is 2.33. The van der Waals surface area contributed by atoms with Crippen LogP contribution in [0.25, 0.3) is 5.65 Å². The predicted molar refractivity (Wildman–Crippen MR) is 104 cm³/mol. The summed E-state index contributed by atoms with van der Waals surface area (Å²) < 4.78 is 7.93. The molecule has 0 radical (unpaired) electrons. The molecule has 27 heavy (non-hydrogen) atoms. The van der Waals surface area contributed by atoms with Crippen LogP contribution in [0.15, 0.2) is 59.7 Å². The van der Waals surface area contributed by atoms with Crippen molar-refractivity contribution in [3.8, 4) is 0 Å². The van der Waals surface area contributed by atoms with E-state index in [0.717, 1.165) is 37.0 Å². The monoisotopic (exact) mass is 364 g/mol. The van der Waals surface area contributed by atoms with Gasteiger partial charge in [-0.1, -0.05) is 36.4 Å². The number of aromatic nitrogens is 3. The quantitative estimate of drug-likeness (QED) is 0.536. The lowest BCUT2D eigenvalue weighted by atomic mass is 9.95. The van der Waals surface area contributed by atoms with Gasteiger partial charge in [-0.2, -0.15) is 0 Å². The van der Waals surface area contributed by atoms with Gasteiger partial charge in [0.15, 0.2) is 17.4 Å². The van der Waals surface area contributed by atoms with Gasteiger partial charge in [0, 0.05) is 32.3 Å². The lowest BCUT2D eigenvalue weighted by Crippen LogP contribution is -2.40. The van der Waals surface area contributed by atoms with Crippen LogP contribution in [-0.2, 0) is 11.3 Å². The number of hydrogen-bond acceptors (Lipinski definition) is 4. The zero-order valence-corrected chi connectivity index (χ0v) is 15.4. The van der Waals surface area contributed by atoms with Crippen molar-refractivity contribution in [1.29, 1.82) is 0 Å². The molecule has 140 valence electrons. The average Bonchev–Trinajstić information content (AvgIpc) is 3.36. The molecule has 0 amide bonds. The predicted octanol–water partition coefficient (Wildman–Crippen LogP) is 2.17. The Morgan fingerprint density at radius 2 is 2.00 bits per heavy atom. The number of nitrogens with one attached hydrogen (secondary N) is 2. The maximum atomic E-state index is 5.96. The third-order valence-corrected chi connectivity index (χ3v) is 4.90. The Bertz CT molecular complexity index is 907. The summed E-state index contributed by atoms with van der Waals surface area (Å²) in [4.78, 5) is 4.32. The lowest BCUT2D eigenvalue weighted by molar-refractivity contribution is 0.0915. The summed E-state index contributed by atoms with van der Waals surface area (Å²) >= 11 is 0. The van der Waals surface area contributed by atoms with E-state index in [0.29, 0.717) is 12.5 Å². The molecule has 0 aliphatic carbocycles. The van der Waals surface area contributed by atoms with Crippen LogP contribution >= 0.6 is 0 Å². The number of aliphatic imine (C=N–C) groups is 1. The van der Waals surface area contributed by atoms with Crippen molar-refractivity contribution in [3.05, 3.63) is 66.1 Å². The second-order valence-corrected chi connectivity index (χ2v) is 6.60. The van der Waals surface area contributed by atoms with Gasteiger partial charge in [-0.3, -0.25) is 9.39 Å². The molecule has 3 aromatic rings. The Hall–Kier alpha value is -2.93. The number of fused-ring (bicyclic) bond motifs is 1. The number of pyridine rings is 1. The van der Waals surface area contributed by atoms with Crippen LogP contribution < -0.4 is 10.6 Å². The van der Waals surface area contributed by atoms with E-state index in [1.165, 1.54) is 5.56 Å². The molecule has 2 atom stereocenters. The summed E-state index contributed by atoms with van der Waals surface area (Å²) in [6.45, 7) is 2.15. The Balaban J connectivity index is 1.34. The van der Waals surface area contributed by atoms with E-state index in [2.05, 4.69) is 50.1 Å². The maximum Gasteiger partial charge on any atom is 0.191 e. The number of hydrogen-bond donors (Lipinski definition) is 2. The van der Waals surface area contributed by atoms with Crippen molar-refractivity contribution in [3.63, 3.8) is 0 Å². The van der Waals surface area contributed by atoms with Crippen LogP contribution in [0.3, 0.4) is 0 Å². The van der Waals surface area contributed by atoms with E-state index in [4.69, 9.17) is 4.74 Å². The summed E-state index contributed by atoms with van der Waals surface area (Å²) in [6, 6.07) is 16.3. The van der Waals surface area contributed by atoms with Crippen molar-refractivity contribution in [2.75, 3.05) is 20.2 Å². The summed E-state index contributed by atoms with van der Waals surface area (Å²) in [6.07, 6.45) is 3.14. The number of benzene rings is 1. The summed E-state index contributed by atoms with van der Waals surface area (Å²) in [7, 11) is 1.77. The molecule has 1 aliphatic rings. The van der Waals surface area contributed by atoms with Crippen LogP contribution in [0.1, 0.15) is 23.9 Å². The molecule has 0 saturated carbocycles. The Morgan fingerprint density at radius 1 is 1.15 bits per heavy atom. The molecule has 2 N–H and O–H groups in total. The molecule has 0 spiro atoms. The molecule has 7 heteroatoms. The lowest BCUT2D eigenvalue weighted by Gasteiger charge is -2.20. The fourth-order valence-corrected chi connectivity index (χ4v) is 3.48. The molecule has 3 heterocycles. The zero-order chi connectivity index (χ0) is 18.5. The average molecular weight is 364 g/mol. The highest BCUT2D eigenvalue weighted by Gasteiger charge is 2.29. The zero-order valence-electron chi connectivity index (χ0n) is 15.4. The third-order valence-electron chi connectivity index (χ3n) is 4.90. The van der Waals surface area contributed by atoms with Crippen molar-refractivity contribution < 1.29 is 4.74 Å². The smallest absolute Gasteiger partial charge is 0.191 e. The van der Waals surface area contributed by atoms with Gasteiger partial charge < -0.3 is 15.4 Å². The van der Waals surface area contributed by atoms with Crippen LogP contribution in [0.2, 0.25) is 0 Å². The SMILES string of the molecule is CN=C(NCc1nnc2ccccn12)NCC1CCOC1c1ccccc1. The summed E-state index contributed by atoms with van der Waals surface area (Å²) in [5.41, 5.74) is 2.07. The van der Waals surface area contributed by atoms with E-state index in [9.17, 15) is 0 Å². The van der Waals surface area contributed by atoms with Gasteiger partial charge in [-0.15, -0.1) is 10.2 Å². The second kappa shape index (κ2) is 8.18. The molecule has 7 nitrogen and oxygen atoms in total. The number of guanidine groups is 1. The van der Waals surface area contributed by atoms with E-state index in [1.807, 2.05) is 34.9 Å². The third kappa shape index (κ3) is 3.93. The maximum absolute atomic E-state index is 5.96. The van der Waals surface area contributed by atoms with Gasteiger partial charge >= 0.3 is 0 Å². The van der Waals surface area contributed by atoms with Crippen LogP contribution in [0.4, 0.5) is 0 Å². The highest BCUT2D eigenvalue weighted by molar-refractivity contribution is 5.79. The van der Waals surface area contributed by atoms with Crippen LogP contribution in [0.5, 0.6) is 0 Å². The molecule has 2 aromatic heterocycles. The molecule has 1 aromatic carbocycles. The van der Waals surface area contributed by atoms with Gasteiger partial charge in [-0.05, 0) is 24.1 Å². The first kappa shape index (κ1) is 17.5. The summed E-state index contributed by atoms with van der Waals surface area (Å²) in [5, 5.41) is 15.1. The molecular formula is C20H24N6O. The molecule has 4 rings (SSSR count). The largest absolute Gasteiger partial charge is 0.373 e. The van der Waals surface area contributed by atoms with E-state index < -0.39 is 0 Å². The van der Waals surface area contributed by atoms with Gasteiger partial charge in [0.1, 0.15) is 0 Å². The van der Waals surface area contributed by atoms with Crippen molar-refractivity contribution in [2.45, 2.75) is 19.1 Å². The van der Waals surface area contributed by atoms with E-state index in [-0.39, 0.29) is 6.10 Å². The fraction of sp³-hybridized carbons (Fsp3) is 0.350. The number of rotatable bonds is 5. The van der Waals surface area contributed by atoms with Crippen LogP contribution in [0, 0.1) is 5.92 Å². The number of nitrogens with zero attached hydrogens (tertiary/aromatic N) is 4. The molecular weight excluding hydrogens is 340 g/mol. The minimum atomic E-state index is 0.136. The first-order chi connectivity index (χ1) is 13.3. The van der Waals surface area contributed by atoms with Crippen molar-refractivity contribution in [2.24, 2.45) is 10.9 Å². The van der Waals surface area contributed by atoms with Gasteiger partial charge in [0.05, 0.1) is 12.6 Å². The topological polar surface area (TPSA) is 75.8 Å². The Labute approximate surface area is 158 Å². The highest BCUT2D eigenvalue weighted by atomic mass is 16.5. The molecule has 1 aliphatic heterocycles. The van der Waals surface area contributed by atoms with Crippen molar-refractivity contribution >= 4 is 11.6 Å². The molecule has 2 unspecified atom stereocenters. The standard InChI is InChI=1S/C20H24N6O/c1-21-20(23-14-18-25-24-17-9-5-6-11-26(17)18)22-13-16-10-12-27-19(16)15-7-3-2-4-8-15/h2-9,11,16,19H,10,12-14H2,1H3,(H2,21,22,23). The van der Waals surface area contributed by atoms with Gasteiger partial charge in [0.2, 0.25) is 0 Å². The first-order valence-corrected chi connectivity index (χ1v) is 9.25. The van der Waals surface area contributed by atoms with E-state index >= 15 is 0 Å². The molecule has 1 fully saturated rings. The minimum Gasteiger partial charge on any atom is -0.373 e. The van der Waals surface area contributed by atoms with Crippen molar-refractivity contribution in [1.82, 2.24) is 25.2 Å². The van der Waals surface area contributed by atoms with Gasteiger partial charge in [0.25, 0.3) is 0 Å². The Kier molecular flexibility index (Phi) is 5.29.